The van der Waals surface area contributed by atoms with Gasteiger partial charge in [-0.1, -0.05) is 32.1 Å². The van der Waals surface area contributed by atoms with Gasteiger partial charge < -0.3 is 4.74 Å². The van der Waals surface area contributed by atoms with Crippen molar-refractivity contribution in [3.63, 3.8) is 0 Å². The molecule has 0 heterocycles. The van der Waals surface area contributed by atoms with Crippen molar-refractivity contribution in [3.8, 4) is 11.8 Å². The second kappa shape index (κ2) is 6.68. The summed E-state index contributed by atoms with van der Waals surface area (Å²) >= 11 is 0. The molecule has 0 aliphatic heterocycles. The fourth-order valence-corrected chi connectivity index (χ4v) is 1.32. The van der Waals surface area contributed by atoms with Crippen molar-refractivity contribution in [2.24, 2.45) is 0 Å². The molecule has 84 valence electrons. The maximum Gasteiger partial charge on any atom is 0.119 e. The lowest BCUT2D eigenvalue weighted by atomic mass is 10.1. The average molecular weight is 215 g/mol. The molecule has 0 fully saturated rings. The van der Waals surface area contributed by atoms with Crippen LogP contribution >= 0.6 is 0 Å². The maximum atomic E-state index is 8.62. The molecule has 0 atom stereocenters. The summed E-state index contributed by atoms with van der Waals surface area (Å²) in [4.78, 5) is 0. The molecule has 0 saturated heterocycles. The Hall–Kier alpha value is -1.75. The van der Waals surface area contributed by atoms with Crippen LogP contribution in [0, 0.1) is 11.3 Å². The maximum absolute atomic E-state index is 8.62. The molecular formula is C14H17NO. The molecule has 0 radical (unpaired) electrons. The normalized spacial score (nSPS) is 9.50. The Morgan fingerprint density at radius 1 is 1.38 bits per heavy atom. The number of hydrogen-bond acceptors (Lipinski definition) is 2. The number of nitriles is 1. The van der Waals surface area contributed by atoms with Gasteiger partial charge in [0.15, 0.2) is 0 Å². The minimum absolute atomic E-state index is 0.583. The Labute approximate surface area is 97.2 Å². The van der Waals surface area contributed by atoms with E-state index >= 15 is 0 Å². The second-order valence-corrected chi connectivity index (χ2v) is 3.74. The van der Waals surface area contributed by atoms with Crippen molar-refractivity contribution >= 4 is 0 Å². The topological polar surface area (TPSA) is 33.0 Å². The van der Waals surface area contributed by atoms with Crippen molar-refractivity contribution < 1.29 is 4.74 Å². The largest absolute Gasteiger partial charge is 0.494 e. The smallest absolute Gasteiger partial charge is 0.119 e. The molecule has 0 aromatic heterocycles. The van der Waals surface area contributed by atoms with Crippen LogP contribution < -0.4 is 4.74 Å². The van der Waals surface area contributed by atoms with Gasteiger partial charge in [-0.15, -0.1) is 0 Å². The second-order valence-electron chi connectivity index (χ2n) is 3.74. The molecule has 2 nitrogen and oxygen atoms in total. The molecule has 0 bridgehead atoms. The first-order chi connectivity index (χ1) is 7.76. The lowest BCUT2D eigenvalue weighted by Crippen LogP contribution is -1.96. The van der Waals surface area contributed by atoms with Crippen LogP contribution in [-0.4, -0.2) is 6.61 Å². The first-order valence-electron chi connectivity index (χ1n) is 5.56. The van der Waals surface area contributed by atoms with Gasteiger partial charge in [0.2, 0.25) is 0 Å². The van der Waals surface area contributed by atoms with Crippen LogP contribution in [-0.2, 0) is 6.42 Å². The number of unbranched alkanes of at least 4 members (excludes halogenated alkanes) is 1. The number of hydrogen-bond donors (Lipinski definition) is 0. The summed E-state index contributed by atoms with van der Waals surface area (Å²) in [6.45, 7) is 6.56. The Morgan fingerprint density at radius 3 is 2.62 bits per heavy atom. The summed E-state index contributed by atoms with van der Waals surface area (Å²) in [5.41, 5.74) is 1.68. The minimum atomic E-state index is 0.583. The number of rotatable bonds is 6. The number of allylic oxidation sites excluding steroid dienone is 1. The van der Waals surface area contributed by atoms with E-state index in [9.17, 15) is 0 Å². The molecule has 0 N–H and O–H groups in total. The summed E-state index contributed by atoms with van der Waals surface area (Å²) in [6, 6.07) is 9.88. The molecule has 0 spiro atoms. The minimum Gasteiger partial charge on any atom is -0.494 e. The molecule has 0 saturated carbocycles. The van der Waals surface area contributed by atoms with Crippen LogP contribution in [0.15, 0.2) is 36.4 Å². The van der Waals surface area contributed by atoms with Crippen LogP contribution in [0.5, 0.6) is 5.75 Å². The third-order valence-electron chi connectivity index (χ3n) is 2.27. The molecule has 1 rings (SSSR count). The van der Waals surface area contributed by atoms with Gasteiger partial charge >= 0.3 is 0 Å². The third-order valence-corrected chi connectivity index (χ3v) is 2.27. The van der Waals surface area contributed by atoms with Crippen molar-refractivity contribution in [1.82, 2.24) is 0 Å². The third kappa shape index (κ3) is 4.18. The summed E-state index contributed by atoms with van der Waals surface area (Å²) in [5, 5.41) is 8.62. The van der Waals surface area contributed by atoms with E-state index in [4.69, 9.17) is 10.00 Å². The van der Waals surface area contributed by atoms with Crippen LogP contribution in [0.25, 0.3) is 0 Å². The zero-order valence-corrected chi connectivity index (χ0v) is 9.70. The summed E-state index contributed by atoms with van der Waals surface area (Å²) in [6.07, 6.45) is 2.83. The van der Waals surface area contributed by atoms with E-state index in [1.54, 1.807) is 0 Å². The van der Waals surface area contributed by atoms with Crippen molar-refractivity contribution in [1.29, 1.82) is 5.26 Å². The van der Waals surface area contributed by atoms with Crippen LogP contribution in [0.4, 0.5) is 0 Å². The Kier molecular flexibility index (Phi) is 5.15. The fraction of sp³-hybridized carbons (Fsp3) is 0.357. The van der Waals surface area contributed by atoms with Gasteiger partial charge in [-0.05, 0) is 24.1 Å². The van der Waals surface area contributed by atoms with Crippen LogP contribution in [0.2, 0.25) is 0 Å². The van der Waals surface area contributed by atoms with Crippen molar-refractivity contribution in [3.05, 3.63) is 42.0 Å². The number of ether oxygens (including phenoxy) is 1. The molecule has 0 aliphatic rings. The van der Waals surface area contributed by atoms with E-state index in [2.05, 4.69) is 13.5 Å². The predicted molar refractivity (Wildman–Crippen MR) is 65.3 cm³/mol. The van der Waals surface area contributed by atoms with Gasteiger partial charge in [-0.3, -0.25) is 0 Å². The Morgan fingerprint density at radius 2 is 2.06 bits per heavy atom. The van der Waals surface area contributed by atoms with Gasteiger partial charge in [-0.2, -0.15) is 5.26 Å². The van der Waals surface area contributed by atoms with E-state index in [1.807, 2.05) is 30.3 Å². The van der Waals surface area contributed by atoms with Crippen LogP contribution in [0.1, 0.15) is 25.3 Å². The molecule has 16 heavy (non-hydrogen) atoms. The van der Waals surface area contributed by atoms with Crippen molar-refractivity contribution in [2.45, 2.75) is 26.2 Å². The summed E-state index contributed by atoms with van der Waals surface area (Å²) < 4.78 is 5.55. The Bertz CT molecular complexity index is 373. The quantitative estimate of drug-likeness (QED) is 0.537. The average Bonchev–Trinajstić information content (AvgIpc) is 2.31. The Balaban J connectivity index is 2.48. The van der Waals surface area contributed by atoms with E-state index in [0.29, 0.717) is 12.0 Å². The zero-order valence-electron chi connectivity index (χ0n) is 9.70. The molecule has 0 aliphatic carbocycles. The molecule has 1 aromatic carbocycles. The first-order valence-corrected chi connectivity index (χ1v) is 5.56. The lowest BCUT2D eigenvalue weighted by molar-refractivity contribution is 0.309. The highest BCUT2D eigenvalue weighted by Gasteiger charge is 1.97. The van der Waals surface area contributed by atoms with E-state index in [1.165, 1.54) is 0 Å². The molecule has 2 heteroatoms. The fourth-order valence-electron chi connectivity index (χ4n) is 1.32. The van der Waals surface area contributed by atoms with Crippen molar-refractivity contribution in [2.75, 3.05) is 6.61 Å². The standard InChI is InChI=1S/C14H17NO/c1-3-4-9-16-14-7-5-13(6-8-14)10-12(2)11-15/h5-8H,2-4,9-10H2,1H3. The highest BCUT2D eigenvalue weighted by atomic mass is 16.5. The van der Waals surface area contributed by atoms with Crippen LogP contribution in [0.3, 0.4) is 0 Å². The van der Waals surface area contributed by atoms with Gasteiger partial charge in [0.05, 0.1) is 12.7 Å². The van der Waals surface area contributed by atoms with Gasteiger partial charge in [0, 0.05) is 12.0 Å². The predicted octanol–water partition coefficient (Wildman–Crippen LogP) is 3.49. The lowest BCUT2D eigenvalue weighted by Gasteiger charge is -2.06. The molecular weight excluding hydrogens is 198 g/mol. The van der Waals surface area contributed by atoms with Gasteiger partial charge in [0.25, 0.3) is 0 Å². The zero-order chi connectivity index (χ0) is 11.8. The molecule has 1 aromatic rings. The number of nitrogens with zero attached hydrogens (tertiary/aromatic N) is 1. The SMILES string of the molecule is C=C(C#N)Cc1ccc(OCCCC)cc1. The van der Waals surface area contributed by atoms with Gasteiger partial charge in [-0.25, -0.2) is 0 Å². The molecule has 0 amide bonds. The summed E-state index contributed by atoms with van der Waals surface area (Å²) in [5.74, 6) is 0.889. The highest BCUT2D eigenvalue weighted by molar-refractivity contribution is 5.32. The highest BCUT2D eigenvalue weighted by Crippen LogP contribution is 2.14. The summed E-state index contributed by atoms with van der Waals surface area (Å²) in [7, 11) is 0. The monoisotopic (exact) mass is 215 g/mol. The number of benzene rings is 1. The molecule has 0 unspecified atom stereocenters. The van der Waals surface area contributed by atoms with E-state index in [0.717, 1.165) is 30.8 Å². The van der Waals surface area contributed by atoms with E-state index in [-0.39, 0.29) is 0 Å². The van der Waals surface area contributed by atoms with E-state index < -0.39 is 0 Å². The first kappa shape index (κ1) is 12.3. The van der Waals surface area contributed by atoms with Gasteiger partial charge in [0.1, 0.15) is 5.75 Å².